The molecule has 2 fully saturated rings. The smallest absolute Gasteiger partial charge is 0.240 e. The molecule has 2 aromatic rings. The standard InChI is InChI=1S/C28H31N3O3/c32-26(19-31-27(33)24-9-3-4-10-25(24)28(31)34)29-17-22-7-1-2-8-23(22)21-13-11-20(12-14-21)18-30-15-5-6-16-30/h1-4,7-8,11-14,24-25H,5-6,9-10,15-19H2,(H,29,32)/t24-,25+. The monoisotopic (exact) mass is 457 g/mol. The van der Waals surface area contributed by atoms with Crippen molar-refractivity contribution in [2.24, 2.45) is 11.8 Å². The van der Waals surface area contributed by atoms with Gasteiger partial charge in [-0.25, -0.2) is 0 Å². The second kappa shape index (κ2) is 9.94. The van der Waals surface area contributed by atoms with Crippen LogP contribution in [-0.2, 0) is 27.5 Å². The number of benzene rings is 2. The number of hydrogen-bond donors (Lipinski definition) is 1. The van der Waals surface area contributed by atoms with Crippen molar-refractivity contribution in [1.29, 1.82) is 0 Å². The quantitative estimate of drug-likeness (QED) is 0.510. The van der Waals surface area contributed by atoms with E-state index in [0.29, 0.717) is 19.4 Å². The van der Waals surface area contributed by atoms with Crippen LogP contribution in [0.2, 0.25) is 0 Å². The Hall–Kier alpha value is -3.25. The van der Waals surface area contributed by atoms with Crippen LogP contribution in [0.5, 0.6) is 0 Å². The SMILES string of the molecule is O=C(CN1C(=O)[C@H]2CC=CC[C@H]2C1=O)NCc1ccccc1-c1ccc(CN2CCCC2)cc1. The van der Waals surface area contributed by atoms with Gasteiger partial charge in [0.2, 0.25) is 17.7 Å². The molecule has 2 saturated heterocycles. The Balaban J connectivity index is 1.21. The van der Waals surface area contributed by atoms with Gasteiger partial charge < -0.3 is 5.32 Å². The summed E-state index contributed by atoms with van der Waals surface area (Å²) < 4.78 is 0. The maximum atomic E-state index is 12.6. The molecule has 1 aliphatic carbocycles. The van der Waals surface area contributed by atoms with Crippen LogP contribution in [0.4, 0.5) is 0 Å². The Morgan fingerprint density at radius 1 is 0.882 bits per heavy atom. The van der Waals surface area contributed by atoms with Crippen molar-refractivity contribution >= 4 is 17.7 Å². The fourth-order valence-corrected chi connectivity index (χ4v) is 5.36. The Kier molecular flexibility index (Phi) is 6.59. The molecule has 0 spiro atoms. The van der Waals surface area contributed by atoms with Gasteiger partial charge in [0.1, 0.15) is 6.54 Å². The highest BCUT2D eigenvalue weighted by atomic mass is 16.2. The molecule has 0 aromatic heterocycles. The average Bonchev–Trinajstić information content (AvgIpc) is 3.46. The van der Waals surface area contributed by atoms with E-state index in [0.717, 1.165) is 28.1 Å². The third-order valence-electron chi connectivity index (χ3n) is 7.26. The van der Waals surface area contributed by atoms with Crippen LogP contribution in [0.25, 0.3) is 11.1 Å². The molecule has 3 aliphatic rings. The number of carbonyl (C=O) groups excluding carboxylic acids is 3. The van der Waals surface area contributed by atoms with E-state index in [1.54, 1.807) is 0 Å². The summed E-state index contributed by atoms with van der Waals surface area (Å²) in [6.45, 7) is 3.48. The zero-order valence-corrected chi connectivity index (χ0v) is 19.4. The first-order valence-corrected chi connectivity index (χ1v) is 12.3. The lowest BCUT2D eigenvalue weighted by Crippen LogP contribution is -2.40. The first kappa shape index (κ1) is 22.5. The van der Waals surface area contributed by atoms with Crippen molar-refractivity contribution in [3.63, 3.8) is 0 Å². The van der Waals surface area contributed by atoms with Crippen molar-refractivity contribution in [3.8, 4) is 11.1 Å². The highest BCUT2D eigenvalue weighted by Crippen LogP contribution is 2.34. The summed E-state index contributed by atoms with van der Waals surface area (Å²) in [5, 5.41) is 2.91. The van der Waals surface area contributed by atoms with Crippen LogP contribution in [0.3, 0.4) is 0 Å². The molecule has 1 N–H and O–H groups in total. The van der Waals surface area contributed by atoms with Crippen molar-refractivity contribution in [3.05, 3.63) is 71.8 Å². The third kappa shape index (κ3) is 4.68. The van der Waals surface area contributed by atoms with Crippen LogP contribution in [0.15, 0.2) is 60.7 Å². The Morgan fingerprint density at radius 2 is 1.53 bits per heavy atom. The summed E-state index contributed by atoms with van der Waals surface area (Å²) in [5.41, 5.74) is 4.49. The maximum absolute atomic E-state index is 12.6. The minimum absolute atomic E-state index is 0.210. The molecule has 2 heterocycles. The van der Waals surface area contributed by atoms with Crippen LogP contribution < -0.4 is 5.32 Å². The molecule has 34 heavy (non-hydrogen) atoms. The Morgan fingerprint density at radius 3 is 2.21 bits per heavy atom. The molecule has 3 amide bonds. The van der Waals surface area contributed by atoms with Crippen LogP contribution in [-0.4, -0.2) is 47.2 Å². The molecule has 2 aromatic carbocycles. The van der Waals surface area contributed by atoms with Gasteiger partial charge in [0, 0.05) is 13.1 Å². The van der Waals surface area contributed by atoms with Gasteiger partial charge >= 0.3 is 0 Å². The van der Waals surface area contributed by atoms with E-state index in [9.17, 15) is 14.4 Å². The number of likely N-dealkylation sites (tertiary alicyclic amines) is 2. The molecule has 0 radical (unpaired) electrons. The maximum Gasteiger partial charge on any atom is 0.240 e. The van der Waals surface area contributed by atoms with Gasteiger partial charge in [-0.3, -0.25) is 24.2 Å². The number of hydrogen-bond acceptors (Lipinski definition) is 4. The summed E-state index contributed by atoms with van der Waals surface area (Å²) in [5.74, 6) is -1.36. The number of imide groups is 1. The number of amides is 3. The summed E-state index contributed by atoms with van der Waals surface area (Å²) in [7, 11) is 0. The predicted octanol–water partition coefficient (Wildman–Crippen LogP) is 3.52. The minimum atomic E-state index is -0.316. The van der Waals surface area contributed by atoms with Crippen LogP contribution in [0.1, 0.15) is 36.8 Å². The zero-order chi connectivity index (χ0) is 23.5. The highest BCUT2D eigenvalue weighted by Gasteiger charge is 2.47. The molecule has 5 rings (SSSR count). The third-order valence-corrected chi connectivity index (χ3v) is 7.26. The summed E-state index contributed by atoms with van der Waals surface area (Å²) in [4.78, 5) is 41.5. The zero-order valence-electron chi connectivity index (χ0n) is 19.4. The second-order valence-electron chi connectivity index (χ2n) is 9.53. The molecule has 2 atom stereocenters. The molecule has 6 nitrogen and oxygen atoms in total. The first-order chi connectivity index (χ1) is 16.6. The van der Waals surface area contributed by atoms with Crippen LogP contribution >= 0.6 is 0 Å². The van der Waals surface area contributed by atoms with Gasteiger partial charge in [0.15, 0.2) is 0 Å². The average molecular weight is 458 g/mol. The normalized spacial score (nSPS) is 22.3. The molecule has 6 heteroatoms. The lowest BCUT2D eigenvalue weighted by atomic mass is 9.85. The summed E-state index contributed by atoms with van der Waals surface area (Å²) >= 11 is 0. The van der Waals surface area contributed by atoms with Crippen molar-refractivity contribution in [1.82, 2.24) is 15.1 Å². The van der Waals surface area contributed by atoms with Gasteiger partial charge in [0.25, 0.3) is 0 Å². The molecule has 0 bridgehead atoms. The topological polar surface area (TPSA) is 69.7 Å². The van der Waals surface area contributed by atoms with E-state index in [1.807, 2.05) is 30.4 Å². The number of fused-ring (bicyclic) bond motifs is 1. The van der Waals surface area contributed by atoms with E-state index in [1.165, 1.54) is 31.5 Å². The van der Waals surface area contributed by atoms with Crippen molar-refractivity contribution < 1.29 is 14.4 Å². The molecule has 2 aliphatic heterocycles. The van der Waals surface area contributed by atoms with E-state index < -0.39 is 0 Å². The summed E-state index contributed by atoms with van der Waals surface area (Å²) in [6, 6.07) is 16.7. The van der Waals surface area contributed by atoms with E-state index in [4.69, 9.17) is 0 Å². The molecular formula is C28H31N3O3. The Labute approximate surface area is 200 Å². The lowest BCUT2D eigenvalue weighted by Gasteiger charge is -2.16. The molecular weight excluding hydrogens is 426 g/mol. The fraction of sp³-hybridized carbons (Fsp3) is 0.393. The van der Waals surface area contributed by atoms with Gasteiger partial charge in [0.05, 0.1) is 11.8 Å². The number of nitrogens with one attached hydrogen (secondary N) is 1. The molecule has 176 valence electrons. The van der Waals surface area contributed by atoms with Gasteiger partial charge in [-0.2, -0.15) is 0 Å². The first-order valence-electron chi connectivity index (χ1n) is 12.3. The lowest BCUT2D eigenvalue weighted by molar-refractivity contribution is -0.143. The minimum Gasteiger partial charge on any atom is -0.350 e. The van der Waals surface area contributed by atoms with Gasteiger partial charge in [-0.15, -0.1) is 0 Å². The Bertz CT molecular complexity index is 1080. The number of carbonyl (C=O) groups is 3. The predicted molar refractivity (Wildman–Crippen MR) is 130 cm³/mol. The molecule has 0 unspecified atom stereocenters. The van der Waals surface area contributed by atoms with Crippen molar-refractivity contribution in [2.75, 3.05) is 19.6 Å². The number of nitrogens with zero attached hydrogens (tertiary/aromatic N) is 2. The van der Waals surface area contributed by atoms with E-state index in [2.05, 4.69) is 40.5 Å². The van der Waals surface area contributed by atoms with Gasteiger partial charge in [-0.1, -0.05) is 60.7 Å². The van der Waals surface area contributed by atoms with Gasteiger partial charge in [-0.05, 0) is 61.0 Å². The van der Waals surface area contributed by atoms with E-state index >= 15 is 0 Å². The fourth-order valence-electron chi connectivity index (χ4n) is 5.36. The second-order valence-corrected chi connectivity index (χ2v) is 9.53. The number of rotatable bonds is 7. The van der Waals surface area contributed by atoms with Crippen molar-refractivity contribution in [2.45, 2.75) is 38.8 Å². The summed E-state index contributed by atoms with van der Waals surface area (Å²) in [6.07, 6.45) is 7.64. The molecule has 0 saturated carbocycles. The largest absolute Gasteiger partial charge is 0.350 e. The van der Waals surface area contributed by atoms with Crippen LogP contribution in [0, 0.1) is 11.8 Å². The van der Waals surface area contributed by atoms with E-state index in [-0.39, 0.29) is 36.1 Å². The number of allylic oxidation sites excluding steroid dienone is 2. The highest BCUT2D eigenvalue weighted by molar-refractivity contribution is 6.07.